The number of hydrogen-bond acceptors (Lipinski definition) is 4. The number of carbonyl (C=O) groups excluding carboxylic acids is 1. The van der Waals surface area contributed by atoms with Crippen molar-refractivity contribution >= 4 is 33.3 Å². The second kappa shape index (κ2) is 7.65. The van der Waals surface area contributed by atoms with Gasteiger partial charge >= 0.3 is 0 Å². The molecule has 0 radical (unpaired) electrons. The summed E-state index contributed by atoms with van der Waals surface area (Å²) in [5, 5.41) is 1.90. The topological polar surface area (TPSA) is 57.7 Å². The molecule has 1 aliphatic rings. The number of piperazine rings is 1. The highest BCUT2D eigenvalue weighted by Gasteiger charge is 2.33. The highest BCUT2D eigenvalue weighted by molar-refractivity contribution is 7.89. The molecule has 0 N–H and O–H groups in total. The number of thiophene rings is 1. The van der Waals surface area contributed by atoms with Gasteiger partial charge in [-0.25, -0.2) is 17.2 Å². The number of benzene rings is 1. The largest absolute Gasteiger partial charge is 0.337 e. The van der Waals surface area contributed by atoms with Crippen LogP contribution in [-0.2, 0) is 14.8 Å². The summed E-state index contributed by atoms with van der Waals surface area (Å²) in [6, 6.07) is 6.68. The third-order valence-electron chi connectivity index (χ3n) is 4.00. The summed E-state index contributed by atoms with van der Waals surface area (Å²) in [5.74, 6) is -2.47. The second-order valence-electron chi connectivity index (χ2n) is 5.63. The van der Waals surface area contributed by atoms with E-state index in [0.717, 1.165) is 27.4 Å². The van der Waals surface area contributed by atoms with Gasteiger partial charge in [0.2, 0.25) is 15.9 Å². The summed E-state index contributed by atoms with van der Waals surface area (Å²) in [7, 11) is -4.29. The zero-order valence-corrected chi connectivity index (χ0v) is 15.3. The van der Waals surface area contributed by atoms with E-state index in [1.54, 1.807) is 6.08 Å². The van der Waals surface area contributed by atoms with Crippen LogP contribution in [0.4, 0.5) is 8.78 Å². The maximum atomic E-state index is 13.8. The Bertz CT molecular complexity index is 899. The van der Waals surface area contributed by atoms with E-state index in [-0.39, 0.29) is 32.1 Å². The van der Waals surface area contributed by atoms with Crippen LogP contribution < -0.4 is 0 Å². The van der Waals surface area contributed by atoms with Crippen molar-refractivity contribution in [2.24, 2.45) is 0 Å². The van der Waals surface area contributed by atoms with Gasteiger partial charge in [0.25, 0.3) is 0 Å². The Kier molecular flexibility index (Phi) is 5.49. The molecule has 1 aromatic carbocycles. The number of nitrogens with zero attached hydrogens (tertiary/aromatic N) is 2. The Labute approximate surface area is 154 Å². The first kappa shape index (κ1) is 18.7. The van der Waals surface area contributed by atoms with E-state index in [1.807, 2.05) is 17.5 Å². The molecule has 0 spiro atoms. The van der Waals surface area contributed by atoms with E-state index in [4.69, 9.17) is 0 Å². The smallest absolute Gasteiger partial charge is 0.249 e. The lowest BCUT2D eigenvalue weighted by atomic mass is 10.3. The molecule has 0 unspecified atom stereocenters. The van der Waals surface area contributed by atoms with E-state index in [2.05, 4.69) is 0 Å². The Morgan fingerprint density at radius 2 is 1.69 bits per heavy atom. The quantitative estimate of drug-likeness (QED) is 0.744. The molecule has 0 bridgehead atoms. The van der Waals surface area contributed by atoms with Crippen LogP contribution in [0.15, 0.2) is 46.7 Å². The molecule has 1 fully saturated rings. The number of carbonyl (C=O) groups is 1. The van der Waals surface area contributed by atoms with Crippen LogP contribution in [0.1, 0.15) is 4.88 Å². The monoisotopic (exact) mass is 398 g/mol. The SMILES string of the molecule is O=C(/C=C/c1cccs1)N1CCN(S(=O)(=O)c2c(F)cccc2F)CC1. The highest BCUT2D eigenvalue weighted by Crippen LogP contribution is 2.23. The first-order valence-electron chi connectivity index (χ1n) is 7.84. The zero-order chi connectivity index (χ0) is 18.7. The molecule has 1 saturated heterocycles. The van der Waals surface area contributed by atoms with E-state index in [0.29, 0.717) is 0 Å². The van der Waals surface area contributed by atoms with Gasteiger partial charge in [-0.1, -0.05) is 12.1 Å². The summed E-state index contributed by atoms with van der Waals surface area (Å²) in [5.41, 5.74) is 0. The molecule has 0 aliphatic carbocycles. The van der Waals surface area contributed by atoms with Gasteiger partial charge in [-0.2, -0.15) is 4.31 Å². The van der Waals surface area contributed by atoms with Crippen LogP contribution in [-0.4, -0.2) is 49.7 Å². The average molecular weight is 398 g/mol. The number of sulfonamides is 1. The number of hydrogen-bond donors (Lipinski definition) is 0. The van der Waals surface area contributed by atoms with Gasteiger partial charge in [0.1, 0.15) is 11.6 Å². The lowest BCUT2D eigenvalue weighted by Gasteiger charge is -2.33. The number of rotatable bonds is 4. The third kappa shape index (κ3) is 3.84. The minimum Gasteiger partial charge on any atom is -0.337 e. The maximum absolute atomic E-state index is 13.8. The standard InChI is InChI=1S/C17H16F2N2O3S2/c18-14-4-1-5-15(19)17(14)26(23,24)21-10-8-20(9-11-21)16(22)7-6-13-3-2-12-25-13/h1-7,12H,8-11H2/b7-6+. The maximum Gasteiger partial charge on any atom is 0.249 e. The molecule has 1 amide bonds. The number of halogens is 2. The zero-order valence-electron chi connectivity index (χ0n) is 13.6. The first-order chi connectivity index (χ1) is 12.4. The second-order valence-corrected chi connectivity index (χ2v) is 8.48. The lowest BCUT2D eigenvalue weighted by Crippen LogP contribution is -2.50. The third-order valence-corrected chi connectivity index (χ3v) is 6.79. The normalized spacial score (nSPS) is 16.3. The van der Waals surface area contributed by atoms with Crippen molar-refractivity contribution in [1.82, 2.24) is 9.21 Å². The predicted molar refractivity (Wildman–Crippen MR) is 95.0 cm³/mol. The predicted octanol–water partition coefficient (Wildman–Crippen LogP) is 2.57. The molecule has 5 nitrogen and oxygen atoms in total. The van der Waals surface area contributed by atoms with Crippen molar-refractivity contribution in [2.45, 2.75) is 4.90 Å². The Hall–Kier alpha value is -2.10. The Morgan fingerprint density at radius 1 is 1.04 bits per heavy atom. The molecule has 1 aromatic heterocycles. The van der Waals surface area contributed by atoms with Crippen LogP contribution in [0.2, 0.25) is 0 Å². The van der Waals surface area contributed by atoms with Gasteiger partial charge in [-0.3, -0.25) is 4.79 Å². The summed E-state index contributed by atoms with van der Waals surface area (Å²) in [4.78, 5) is 13.7. The van der Waals surface area contributed by atoms with Gasteiger partial charge in [-0.15, -0.1) is 11.3 Å². The number of amides is 1. The van der Waals surface area contributed by atoms with E-state index in [9.17, 15) is 22.0 Å². The minimum absolute atomic E-state index is 0.0192. The molecule has 138 valence electrons. The van der Waals surface area contributed by atoms with Gasteiger partial charge in [0.15, 0.2) is 4.90 Å². The first-order valence-corrected chi connectivity index (χ1v) is 10.2. The van der Waals surface area contributed by atoms with Gasteiger partial charge in [0, 0.05) is 37.1 Å². The van der Waals surface area contributed by atoms with Crippen molar-refractivity contribution in [2.75, 3.05) is 26.2 Å². The van der Waals surface area contributed by atoms with E-state index >= 15 is 0 Å². The van der Waals surface area contributed by atoms with Crippen LogP contribution in [0.3, 0.4) is 0 Å². The minimum atomic E-state index is -4.29. The molecule has 2 aromatic rings. The molecule has 0 atom stereocenters. The fourth-order valence-electron chi connectivity index (χ4n) is 2.65. The fourth-order valence-corrected chi connectivity index (χ4v) is 4.80. The molecule has 2 heterocycles. The van der Waals surface area contributed by atoms with Crippen molar-refractivity contribution in [1.29, 1.82) is 0 Å². The molecular formula is C17H16F2N2O3S2. The van der Waals surface area contributed by atoms with Gasteiger partial charge in [0.05, 0.1) is 0 Å². The molecule has 26 heavy (non-hydrogen) atoms. The Balaban J connectivity index is 1.67. The molecular weight excluding hydrogens is 382 g/mol. The van der Waals surface area contributed by atoms with Crippen molar-refractivity contribution in [3.8, 4) is 0 Å². The van der Waals surface area contributed by atoms with E-state index < -0.39 is 26.6 Å². The van der Waals surface area contributed by atoms with Crippen LogP contribution >= 0.6 is 11.3 Å². The fraction of sp³-hybridized carbons (Fsp3) is 0.235. The van der Waals surface area contributed by atoms with Crippen LogP contribution in [0.5, 0.6) is 0 Å². The summed E-state index contributed by atoms with van der Waals surface area (Å²) < 4.78 is 53.7. The summed E-state index contributed by atoms with van der Waals surface area (Å²) >= 11 is 1.50. The summed E-state index contributed by atoms with van der Waals surface area (Å²) in [6.07, 6.45) is 3.14. The van der Waals surface area contributed by atoms with Gasteiger partial charge < -0.3 is 4.90 Å². The van der Waals surface area contributed by atoms with Crippen molar-refractivity contribution in [3.05, 3.63) is 58.3 Å². The molecule has 1 aliphatic heterocycles. The Morgan fingerprint density at radius 3 is 2.27 bits per heavy atom. The van der Waals surface area contributed by atoms with Crippen molar-refractivity contribution < 1.29 is 22.0 Å². The van der Waals surface area contributed by atoms with Crippen LogP contribution in [0, 0.1) is 11.6 Å². The lowest BCUT2D eigenvalue weighted by molar-refractivity contribution is -0.127. The average Bonchev–Trinajstić information content (AvgIpc) is 3.13. The molecule has 3 rings (SSSR count). The highest BCUT2D eigenvalue weighted by atomic mass is 32.2. The van der Waals surface area contributed by atoms with E-state index in [1.165, 1.54) is 22.3 Å². The molecule has 9 heteroatoms. The van der Waals surface area contributed by atoms with Crippen LogP contribution in [0.25, 0.3) is 6.08 Å². The molecule has 0 saturated carbocycles. The summed E-state index contributed by atoms with van der Waals surface area (Å²) in [6.45, 7) is 0.273. The van der Waals surface area contributed by atoms with Gasteiger partial charge in [-0.05, 0) is 29.7 Å². The van der Waals surface area contributed by atoms with Crippen molar-refractivity contribution in [3.63, 3.8) is 0 Å².